The average Bonchev–Trinajstić information content (AvgIpc) is 2.74. The van der Waals surface area contributed by atoms with Crippen LogP contribution in [0.5, 0.6) is 0 Å². The van der Waals surface area contributed by atoms with E-state index < -0.39 is 0 Å². The van der Waals surface area contributed by atoms with Crippen molar-refractivity contribution in [3.63, 3.8) is 0 Å². The van der Waals surface area contributed by atoms with Crippen LogP contribution in [0.2, 0.25) is 0 Å². The largest absolute Gasteiger partial charge is 0.0885 e. The average molecular weight is 405 g/mol. The van der Waals surface area contributed by atoms with Gasteiger partial charge < -0.3 is 0 Å². The molecule has 0 amide bonds. The minimum absolute atomic E-state index is 1.12. The molecule has 172 valence electrons. The summed E-state index contributed by atoms with van der Waals surface area (Å²) < 4.78 is 0. The van der Waals surface area contributed by atoms with E-state index in [2.05, 4.69) is 26.0 Å². The van der Waals surface area contributed by atoms with E-state index in [4.69, 9.17) is 0 Å². The zero-order valence-electron chi connectivity index (χ0n) is 20.2. The second-order valence-electron chi connectivity index (χ2n) is 9.18. The van der Waals surface area contributed by atoms with E-state index in [0.717, 1.165) is 12.8 Å². The molecule has 0 aromatic carbocycles. The van der Waals surface area contributed by atoms with Crippen LogP contribution in [0.1, 0.15) is 161 Å². The lowest BCUT2D eigenvalue weighted by Crippen LogP contribution is -1.82. The Morgan fingerprint density at radius 3 is 0.724 bits per heavy atom. The first-order valence-corrected chi connectivity index (χ1v) is 13.6. The topological polar surface area (TPSA) is 0 Å². The Morgan fingerprint density at radius 2 is 0.483 bits per heavy atom. The van der Waals surface area contributed by atoms with Gasteiger partial charge in [0.2, 0.25) is 0 Å². The minimum atomic E-state index is 1.12. The van der Waals surface area contributed by atoms with Crippen LogP contribution in [-0.4, -0.2) is 0 Å². The summed E-state index contributed by atoms with van der Waals surface area (Å²) in [6.45, 7) is 7.82. The molecule has 0 N–H and O–H groups in total. The van der Waals surface area contributed by atoms with Crippen molar-refractivity contribution in [3.05, 3.63) is 26.0 Å². The van der Waals surface area contributed by atoms with Crippen molar-refractivity contribution in [2.45, 2.75) is 161 Å². The van der Waals surface area contributed by atoms with E-state index in [-0.39, 0.29) is 0 Å². The minimum Gasteiger partial charge on any atom is -0.0885 e. The molecule has 0 aliphatic carbocycles. The lowest BCUT2D eigenvalue weighted by atomic mass is 10.0. The quantitative estimate of drug-likeness (QED) is 0.105. The van der Waals surface area contributed by atoms with Gasteiger partial charge in [0.1, 0.15) is 0 Å². The molecule has 0 rings (SSSR count). The lowest BCUT2D eigenvalue weighted by molar-refractivity contribution is 0.547. The summed E-state index contributed by atoms with van der Waals surface area (Å²) in [5.74, 6) is 0. The molecular formula is C29H56. The Hall–Kier alpha value is -0.260. The van der Waals surface area contributed by atoms with Gasteiger partial charge in [-0.2, -0.15) is 0 Å². The molecule has 29 heavy (non-hydrogen) atoms. The molecule has 0 nitrogen and oxygen atoms in total. The molecule has 0 fully saturated rings. The maximum Gasteiger partial charge on any atom is -0.0351 e. The molecular weight excluding hydrogens is 348 g/mol. The highest BCUT2D eigenvalue weighted by Gasteiger charge is 1.94. The van der Waals surface area contributed by atoms with Gasteiger partial charge in [0, 0.05) is 0 Å². The van der Waals surface area contributed by atoms with Gasteiger partial charge >= 0.3 is 0 Å². The van der Waals surface area contributed by atoms with E-state index in [1.807, 2.05) is 0 Å². The van der Waals surface area contributed by atoms with E-state index in [0.29, 0.717) is 0 Å². The molecule has 2 radical (unpaired) electrons. The molecule has 0 aliphatic rings. The van der Waals surface area contributed by atoms with Crippen LogP contribution in [0.25, 0.3) is 0 Å². The van der Waals surface area contributed by atoms with Crippen molar-refractivity contribution >= 4 is 0 Å². The van der Waals surface area contributed by atoms with E-state index in [9.17, 15) is 0 Å². The highest BCUT2D eigenvalue weighted by molar-refractivity contribution is 4.81. The molecule has 0 aromatic heterocycles. The molecule has 0 aliphatic heterocycles. The summed E-state index contributed by atoms with van der Waals surface area (Å²) in [5.41, 5.74) is 0. The summed E-state index contributed by atoms with van der Waals surface area (Å²) in [7, 11) is 0. The van der Waals surface area contributed by atoms with Crippen molar-refractivity contribution in [2.24, 2.45) is 0 Å². The highest BCUT2D eigenvalue weighted by atomic mass is 14.0. The maximum absolute atomic E-state index is 3.91. The smallest absolute Gasteiger partial charge is 0.0351 e. The molecule has 0 saturated heterocycles. The first kappa shape index (κ1) is 28.7. The van der Waals surface area contributed by atoms with E-state index in [1.54, 1.807) is 0 Å². The zero-order chi connectivity index (χ0) is 21.1. The summed E-state index contributed by atoms with van der Waals surface area (Å²) in [5, 5.41) is 0. The standard InChI is InChI=1S/C29H56/c1-3-5-7-9-11-13-15-17-19-21-23-25-27-29-28-26-24-22-20-18-16-14-12-10-8-6-4-2/h27,29H,1-26,28H2. The Kier molecular flexibility index (Phi) is 27.5. The third kappa shape index (κ3) is 27.7. The summed E-state index contributed by atoms with van der Waals surface area (Å²) in [4.78, 5) is 0. The molecule has 0 saturated carbocycles. The predicted molar refractivity (Wildman–Crippen MR) is 135 cm³/mol. The monoisotopic (exact) mass is 404 g/mol. The first-order valence-electron chi connectivity index (χ1n) is 13.6. The molecule has 0 heterocycles. The fourth-order valence-electron chi connectivity index (χ4n) is 4.12. The SMILES string of the molecule is [CH2]CCCCCCCCCCCCC=CCCCCCCCCCCCCC[CH2]. The van der Waals surface area contributed by atoms with Gasteiger partial charge in [0.15, 0.2) is 0 Å². The third-order valence-corrected chi connectivity index (χ3v) is 6.16. The summed E-state index contributed by atoms with van der Waals surface area (Å²) >= 11 is 0. The maximum atomic E-state index is 3.91. The van der Waals surface area contributed by atoms with Gasteiger partial charge in [-0.25, -0.2) is 0 Å². The van der Waals surface area contributed by atoms with E-state index >= 15 is 0 Å². The van der Waals surface area contributed by atoms with Gasteiger partial charge in [0.25, 0.3) is 0 Å². The first-order chi connectivity index (χ1) is 14.4. The van der Waals surface area contributed by atoms with Crippen LogP contribution in [0.3, 0.4) is 0 Å². The molecule has 0 atom stereocenters. The molecule has 0 bridgehead atoms. The number of hydrogen-bond acceptors (Lipinski definition) is 0. The molecule has 0 unspecified atom stereocenters. The Morgan fingerprint density at radius 1 is 0.276 bits per heavy atom. The Bertz CT molecular complexity index is 290. The van der Waals surface area contributed by atoms with Gasteiger partial charge in [-0.3, -0.25) is 0 Å². The van der Waals surface area contributed by atoms with Gasteiger partial charge in [0.05, 0.1) is 0 Å². The third-order valence-electron chi connectivity index (χ3n) is 6.16. The van der Waals surface area contributed by atoms with Crippen molar-refractivity contribution in [1.29, 1.82) is 0 Å². The van der Waals surface area contributed by atoms with E-state index in [1.165, 1.54) is 148 Å². The van der Waals surface area contributed by atoms with Gasteiger partial charge in [-0.15, -0.1) is 0 Å². The molecule has 0 heteroatoms. The number of rotatable bonds is 25. The molecule has 0 spiro atoms. The number of hydrogen-bond donors (Lipinski definition) is 0. The van der Waals surface area contributed by atoms with Crippen molar-refractivity contribution < 1.29 is 0 Å². The zero-order valence-corrected chi connectivity index (χ0v) is 20.2. The van der Waals surface area contributed by atoms with Crippen molar-refractivity contribution in [1.82, 2.24) is 0 Å². The number of allylic oxidation sites excluding steroid dienone is 2. The second kappa shape index (κ2) is 27.7. The summed E-state index contributed by atoms with van der Waals surface area (Å²) in [6, 6.07) is 0. The van der Waals surface area contributed by atoms with Crippen molar-refractivity contribution in [2.75, 3.05) is 0 Å². The number of unbranched alkanes of at least 4 members (excludes halogenated alkanes) is 23. The van der Waals surface area contributed by atoms with Crippen LogP contribution in [0.15, 0.2) is 12.2 Å². The predicted octanol–water partition coefficient (Wildman–Crippen LogP) is 11.0. The highest BCUT2D eigenvalue weighted by Crippen LogP contribution is 2.14. The van der Waals surface area contributed by atoms with Crippen LogP contribution in [-0.2, 0) is 0 Å². The summed E-state index contributed by atoms with van der Waals surface area (Å²) in [6.07, 6.45) is 39.7. The van der Waals surface area contributed by atoms with Crippen LogP contribution in [0, 0.1) is 13.8 Å². The Balaban J connectivity index is 3.05. The van der Waals surface area contributed by atoms with Crippen LogP contribution >= 0.6 is 0 Å². The second-order valence-corrected chi connectivity index (χ2v) is 9.18. The lowest BCUT2D eigenvalue weighted by Gasteiger charge is -2.02. The van der Waals surface area contributed by atoms with Crippen molar-refractivity contribution in [3.8, 4) is 0 Å². The fourth-order valence-corrected chi connectivity index (χ4v) is 4.12. The van der Waals surface area contributed by atoms with Gasteiger partial charge in [-0.1, -0.05) is 161 Å². The van der Waals surface area contributed by atoms with Gasteiger partial charge in [-0.05, 0) is 25.7 Å². The fraction of sp³-hybridized carbons (Fsp3) is 0.862. The molecule has 0 aromatic rings. The van der Waals surface area contributed by atoms with Crippen LogP contribution < -0.4 is 0 Å². The Labute approximate surface area is 186 Å². The van der Waals surface area contributed by atoms with Crippen LogP contribution in [0.4, 0.5) is 0 Å². The normalized spacial score (nSPS) is 11.7.